The normalized spacial score (nSPS) is 11.2. The van der Waals surface area contributed by atoms with Crippen molar-refractivity contribution in [1.82, 2.24) is 15.2 Å². The van der Waals surface area contributed by atoms with Crippen LogP contribution in [0.1, 0.15) is 10.4 Å². The molecule has 1 amide bonds. The largest absolute Gasteiger partial charge is 0.484 e. The number of ether oxygens (including phenoxy) is 1. The number of hydrogen-bond acceptors (Lipinski definition) is 4. The first kappa shape index (κ1) is 17.5. The zero-order valence-corrected chi connectivity index (χ0v) is 13.2. The van der Waals surface area contributed by atoms with Gasteiger partial charge in [0, 0.05) is 11.8 Å². The number of amides is 1. The molecule has 0 fully saturated rings. The Hall–Kier alpha value is -3.36. The van der Waals surface area contributed by atoms with Crippen molar-refractivity contribution >= 4 is 11.6 Å². The molecule has 134 valence electrons. The number of anilines is 1. The molecular weight excluding hydrogens is 349 g/mol. The number of H-pyrrole nitrogens is 1. The van der Waals surface area contributed by atoms with E-state index in [4.69, 9.17) is 0 Å². The molecule has 6 nitrogen and oxygen atoms in total. The maximum Gasteiger partial charge on any atom is 0.422 e. The summed E-state index contributed by atoms with van der Waals surface area (Å²) in [6.07, 6.45) is -1.43. The lowest BCUT2D eigenvalue weighted by atomic mass is 10.2. The summed E-state index contributed by atoms with van der Waals surface area (Å²) in [6, 6.07) is 10.8. The second kappa shape index (κ2) is 7.26. The number of hydrogen-bond donors (Lipinski definition) is 2. The Morgan fingerprint density at radius 2 is 2.04 bits per heavy atom. The molecule has 0 bridgehead atoms. The standard InChI is InChI=1S/C17H13F3N4O2/c18-17(19,20)10-26-12-5-3-4-11(8-12)16(25)23-14-9-22-24-15(14)13-6-1-2-7-21-13/h1-9H,10H2,(H,22,24)(H,23,25). The van der Waals surface area contributed by atoms with Crippen molar-refractivity contribution in [3.8, 4) is 17.1 Å². The highest BCUT2D eigenvalue weighted by Gasteiger charge is 2.28. The maximum absolute atomic E-state index is 12.4. The first-order valence-electron chi connectivity index (χ1n) is 7.48. The molecule has 9 heteroatoms. The first-order valence-corrected chi connectivity index (χ1v) is 7.48. The van der Waals surface area contributed by atoms with Crippen LogP contribution in [0.5, 0.6) is 5.75 Å². The third-order valence-corrected chi connectivity index (χ3v) is 3.31. The fourth-order valence-corrected chi connectivity index (χ4v) is 2.17. The number of alkyl halides is 3. The number of nitrogens with zero attached hydrogens (tertiary/aromatic N) is 2. The summed E-state index contributed by atoms with van der Waals surface area (Å²) in [5.41, 5.74) is 1.65. The van der Waals surface area contributed by atoms with Gasteiger partial charge in [-0.2, -0.15) is 18.3 Å². The van der Waals surface area contributed by atoms with Crippen molar-refractivity contribution in [3.05, 3.63) is 60.4 Å². The number of aromatic nitrogens is 3. The third-order valence-electron chi connectivity index (χ3n) is 3.31. The molecule has 2 heterocycles. The van der Waals surface area contributed by atoms with Crippen molar-refractivity contribution in [2.45, 2.75) is 6.18 Å². The van der Waals surface area contributed by atoms with Gasteiger partial charge in [-0.15, -0.1) is 0 Å². The Balaban J connectivity index is 1.74. The number of halogens is 3. The van der Waals surface area contributed by atoms with Gasteiger partial charge in [-0.25, -0.2) is 0 Å². The summed E-state index contributed by atoms with van der Waals surface area (Å²) in [4.78, 5) is 16.6. The van der Waals surface area contributed by atoms with E-state index in [0.717, 1.165) is 0 Å². The predicted octanol–water partition coefficient (Wildman–Crippen LogP) is 3.67. The number of nitrogens with one attached hydrogen (secondary N) is 2. The molecule has 0 unspecified atom stereocenters. The van der Waals surface area contributed by atoms with E-state index in [-0.39, 0.29) is 11.3 Å². The molecule has 0 aliphatic carbocycles. The summed E-state index contributed by atoms with van der Waals surface area (Å²) in [5.74, 6) is -0.562. The second-order valence-corrected chi connectivity index (χ2v) is 5.26. The van der Waals surface area contributed by atoms with Crippen molar-refractivity contribution in [2.24, 2.45) is 0 Å². The van der Waals surface area contributed by atoms with Gasteiger partial charge in [0.05, 0.1) is 17.6 Å². The smallest absolute Gasteiger partial charge is 0.422 e. The van der Waals surface area contributed by atoms with Gasteiger partial charge in [0.1, 0.15) is 11.4 Å². The fraction of sp³-hybridized carbons (Fsp3) is 0.118. The molecule has 3 aromatic rings. The lowest BCUT2D eigenvalue weighted by molar-refractivity contribution is -0.153. The highest BCUT2D eigenvalue weighted by Crippen LogP contribution is 2.24. The van der Waals surface area contributed by atoms with E-state index >= 15 is 0 Å². The Morgan fingerprint density at radius 1 is 1.19 bits per heavy atom. The van der Waals surface area contributed by atoms with E-state index in [9.17, 15) is 18.0 Å². The SMILES string of the molecule is O=C(Nc1cn[nH]c1-c1ccccn1)c1cccc(OCC(F)(F)F)c1. The van der Waals surface area contributed by atoms with Crippen LogP contribution < -0.4 is 10.1 Å². The molecule has 26 heavy (non-hydrogen) atoms. The lowest BCUT2D eigenvalue weighted by Crippen LogP contribution is -2.19. The lowest BCUT2D eigenvalue weighted by Gasteiger charge is -2.10. The average molecular weight is 362 g/mol. The van der Waals surface area contributed by atoms with E-state index in [1.165, 1.54) is 30.5 Å². The molecule has 1 aromatic carbocycles. The van der Waals surface area contributed by atoms with Gasteiger partial charge in [-0.05, 0) is 30.3 Å². The Labute approximate surface area is 146 Å². The summed E-state index contributed by atoms with van der Waals surface area (Å²) in [5, 5.41) is 9.29. The highest BCUT2D eigenvalue weighted by atomic mass is 19.4. The summed E-state index contributed by atoms with van der Waals surface area (Å²) < 4.78 is 41.4. The number of carbonyl (C=O) groups is 1. The van der Waals surface area contributed by atoms with Crippen LogP contribution in [0.4, 0.5) is 18.9 Å². The van der Waals surface area contributed by atoms with Crippen LogP contribution in [-0.4, -0.2) is 33.9 Å². The topological polar surface area (TPSA) is 79.9 Å². The third kappa shape index (κ3) is 4.38. The number of pyridine rings is 1. The van der Waals surface area contributed by atoms with Crippen LogP contribution in [0.2, 0.25) is 0 Å². The zero-order valence-electron chi connectivity index (χ0n) is 13.2. The van der Waals surface area contributed by atoms with Crippen LogP contribution in [0.15, 0.2) is 54.9 Å². The van der Waals surface area contributed by atoms with Crippen LogP contribution in [0.25, 0.3) is 11.4 Å². The van der Waals surface area contributed by atoms with Crippen LogP contribution in [-0.2, 0) is 0 Å². The van der Waals surface area contributed by atoms with Gasteiger partial charge in [-0.1, -0.05) is 12.1 Å². The minimum atomic E-state index is -4.45. The van der Waals surface area contributed by atoms with Crippen molar-refractivity contribution in [3.63, 3.8) is 0 Å². The Bertz CT molecular complexity index is 894. The molecule has 0 saturated carbocycles. The molecule has 0 radical (unpaired) electrons. The van der Waals surface area contributed by atoms with Gasteiger partial charge in [0.25, 0.3) is 5.91 Å². The summed E-state index contributed by atoms with van der Waals surface area (Å²) in [7, 11) is 0. The molecular formula is C17H13F3N4O2. The molecule has 0 spiro atoms. The van der Waals surface area contributed by atoms with Crippen molar-refractivity contribution < 1.29 is 22.7 Å². The quantitative estimate of drug-likeness (QED) is 0.726. The molecule has 3 rings (SSSR count). The molecule has 0 aliphatic rings. The molecule has 0 saturated heterocycles. The van der Waals surface area contributed by atoms with Crippen LogP contribution >= 0.6 is 0 Å². The van der Waals surface area contributed by atoms with Gasteiger partial charge in [0.2, 0.25) is 0 Å². The first-order chi connectivity index (χ1) is 12.4. The van der Waals surface area contributed by atoms with E-state index < -0.39 is 18.7 Å². The monoisotopic (exact) mass is 362 g/mol. The Morgan fingerprint density at radius 3 is 2.77 bits per heavy atom. The average Bonchev–Trinajstić information content (AvgIpc) is 3.08. The highest BCUT2D eigenvalue weighted by molar-refractivity contribution is 6.06. The van der Waals surface area contributed by atoms with Gasteiger partial charge in [0.15, 0.2) is 6.61 Å². The number of rotatable bonds is 5. The van der Waals surface area contributed by atoms with E-state index in [1.807, 2.05) is 0 Å². The molecule has 0 aliphatic heterocycles. The second-order valence-electron chi connectivity index (χ2n) is 5.26. The van der Waals surface area contributed by atoms with Gasteiger partial charge in [-0.3, -0.25) is 14.9 Å². The minimum absolute atomic E-state index is 0.0490. The van der Waals surface area contributed by atoms with Gasteiger partial charge < -0.3 is 10.1 Å². The summed E-state index contributed by atoms with van der Waals surface area (Å²) in [6.45, 7) is -1.43. The zero-order chi connectivity index (χ0) is 18.6. The number of carbonyl (C=O) groups excluding carboxylic acids is 1. The summed E-state index contributed by atoms with van der Waals surface area (Å²) >= 11 is 0. The fourth-order valence-electron chi connectivity index (χ4n) is 2.17. The minimum Gasteiger partial charge on any atom is -0.484 e. The van der Waals surface area contributed by atoms with Crippen molar-refractivity contribution in [1.29, 1.82) is 0 Å². The number of aromatic amines is 1. The number of benzene rings is 1. The molecule has 2 N–H and O–H groups in total. The van der Waals surface area contributed by atoms with E-state index in [0.29, 0.717) is 17.1 Å². The van der Waals surface area contributed by atoms with Crippen molar-refractivity contribution in [2.75, 3.05) is 11.9 Å². The van der Waals surface area contributed by atoms with Crippen LogP contribution in [0, 0.1) is 0 Å². The van der Waals surface area contributed by atoms with E-state index in [1.54, 1.807) is 24.4 Å². The van der Waals surface area contributed by atoms with E-state index in [2.05, 4.69) is 25.2 Å². The predicted molar refractivity (Wildman–Crippen MR) is 87.8 cm³/mol. The molecule has 0 atom stereocenters. The van der Waals surface area contributed by atoms with Gasteiger partial charge >= 0.3 is 6.18 Å². The Kier molecular flexibility index (Phi) is 4.87. The maximum atomic E-state index is 12.4. The van der Waals surface area contributed by atoms with Crippen LogP contribution in [0.3, 0.4) is 0 Å². The molecule has 2 aromatic heterocycles.